The van der Waals surface area contributed by atoms with E-state index in [1.165, 1.54) is 11.0 Å². The first-order valence-corrected chi connectivity index (χ1v) is 5.25. The highest BCUT2D eigenvalue weighted by atomic mass is 16.6. The van der Waals surface area contributed by atoms with E-state index in [9.17, 15) is 15.2 Å². The fourth-order valence-corrected chi connectivity index (χ4v) is 1.16. The molecule has 2 N–H and O–H groups in total. The molecule has 1 heterocycles. The molecule has 0 saturated heterocycles. The van der Waals surface area contributed by atoms with E-state index in [0.717, 1.165) is 0 Å². The minimum Gasteiger partial charge on any atom is -0.390 e. The van der Waals surface area contributed by atoms with Crippen LogP contribution in [0.3, 0.4) is 0 Å². The van der Waals surface area contributed by atoms with Gasteiger partial charge < -0.3 is 20.5 Å². The van der Waals surface area contributed by atoms with E-state index in [-0.39, 0.29) is 12.1 Å². The molecule has 0 fully saturated rings. The van der Waals surface area contributed by atoms with Crippen LogP contribution in [0.4, 0.5) is 5.95 Å². The lowest BCUT2D eigenvalue weighted by Crippen LogP contribution is -2.42. The van der Waals surface area contributed by atoms with Crippen molar-refractivity contribution in [2.45, 2.75) is 39.0 Å². The molecule has 8 heteroatoms. The van der Waals surface area contributed by atoms with E-state index >= 15 is 0 Å². The standard InChI is InChI=1S/C9H17N5O3/c1-9(2,3)11-4-7(15)5-13-6-10-8(12-13)14(16)17/h6-7,11,15H,4-5H2,1-3H3. The second-order valence-corrected chi connectivity index (χ2v) is 4.81. The number of hydrogen-bond donors (Lipinski definition) is 2. The molecule has 0 saturated carbocycles. The zero-order chi connectivity index (χ0) is 13.1. The Morgan fingerprint density at radius 1 is 1.65 bits per heavy atom. The zero-order valence-corrected chi connectivity index (χ0v) is 10.1. The number of aliphatic hydroxyl groups excluding tert-OH is 1. The summed E-state index contributed by atoms with van der Waals surface area (Å²) >= 11 is 0. The molecule has 0 radical (unpaired) electrons. The number of aliphatic hydroxyl groups is 1. The lowest BCUT2D eigenvalue weighted by molar-refractivity contribution is -0.394. The third-order valence-corrected chi connectivity index (χ3v) is 1.95. The summed E-state index contributed by atoms with van der Waals surface area (Å²) in [6.45, 7) is 6.52. The van der Waals surface area contributed by atoms with E-state index < -0.39 is 17.0 Å². The van der Waals surface area contributed by atoms with Crippen LogP contribution in [0.5, 0.6) is 0 Å². The maximum absolute atomic E-state index is 10.3. The average Bonchev–Trinajstić information content (AvgIpc) is 2.62. The Morgan fingerprint density at radius 2 is 2.29 bits per heavy atom. The molecule has 0 bridgehead atoms. The number of hydrogen-bond acceptors (Lipinski definition) is 6. The van der Waals surface area contributed by atoms with Crippen molar-refractivity contribution in [3.8, 4) is 0 Å². The van der Waals surface area contributed by atoms with Crippen LogP contribution in [0.2, 0.25) is 0 Å². The summed E-state index contributed by atoms with van der Waals surface area (Å²) < 4.78 is 1.26. The Bertz CT molecular complexity index is 384. The van der Waals surface area contributed by atoms with Gasteiger partial charge >= 0.3 is 5.95 Å². The fraction of sp³-hybridized carbons (Fsp3) is 0.778. The van der Waals surface area contributed by atoms with Crippen molar-refractivity contribution >= 4 is 5.95 Å². The van der Waals surface area contributed by atoms with Gasteiger partial charge in [-0.25, -0.2) is 0 Å². The van der Waals surface area contributed by atoms with Crippen LogP contribution in [0.1, 0.15) is 20.8 Å². The van der Waals surface area contributed by atoms with Crippen LogP contribution < -0.4 is 5.32 Å². The van der Waals surface area contributed by atoms with Crippen molar-refractivity contribution in [1.82, 2.24) is 20.1 Å². The van der Waals surface area contributed by atoms with Crippen molar-refractivity contribution in [2.24, 2.45) is 0 Å². The first kappa shape index (κ1) is 13.5. The lowest BCUT2D eigenvalue weighted by atomic mass is 10.1. The van der Waals surface area contributed by atoms with Crippen LogP contribution in [-0.4, -0.2) is 43.0 Å². The molecule has 8 nitrogen and oxygen atoms in total. The topological polar surface area (TPSA) is 106 Å². The molecule has 0 aliphatic carbocycles. The van der Waals surface area contributed by atoms with Crippen LogP contribution in [-0.2, 0) is 6.54 Å². The largest absolute Gasteiger partial charge is 0.490 e. The first-order chi connectivity index (χ1) is 7.78. The SMILES string of the molecule is CC(C)(C)NCC(O)Cn1cnc([N+](=O)[O-])n1. The molecule has 1 atom stereocenters. The van der Waals surface area contributed by atoms with Gasteiger partial charge in [0.15, 0.2) is 0 Å². The van der Waals surface area contributed by atoms with Crippen LogP contribution in [0.15, 0.2) is 6.33 Å². The molecule has 1 aromatic heterocycles. The first-order valence-electron chi connectivity index (χ1n) is 5.25. The predicted molar refractivity (Wildman–Crippen MR) is 60.4 cm³/mol. The smallest absolute Gasteiger partial charge is 0.390 e. The molecule has 1 rings (SSSR count). The molecular weight excluding hydrogens is 226 g/mol. The van der Waals surface area contributed by atoms with Crippen molar-refractivity contribution in [1.29, 1.82) is 0 Å². The number of aromatic nitrogens is 3. The summed E-state index contributed by atoms with van der Waals surface area (Å²) in [5.74, 6) is -0.457. The van der Waals surface area contributed by atoms with Crippen LogP contribution >= 0.6 is 0 Å². The predicted octanol–water partition coefficient (Wildman–Crippen LogP) is -0.0647. The normalized spacial score (nSPS) is 13.6. The Kier molecular flexibility index (Phi) is 4.13. The lowest BCUT2D eigenvalue weighted by Gasteiger charge is -2.22. The molecule has 0 aliphatic heterocycles. The Labute approximate surface area is 98.8 Å². The average molecular weight is 243 g/mol. The monoisotopic (exact) mass is 243 g/mol. The van der Waals surface area contributed by atoms with Gasteiger partial charge in [0, 0.05) is 17.2 Å². The van der Waals surface area contributed by atoms with Gasteiger partial charge in [-0.2, -0.15) is 4.68 Å². The van der Waals surface area contributed by atoms with Crippen LogP contribution in [0, 0.1) is 10.1 Å². The highest BCUT2D eigenvalue weighted by Crippen LogP contribution is 2.02. The summed E-state index contributed by atoms with van der Waals surface area (Å²) in [6, 6.07) is 0. The maximum atomic E-state index is 10.3. The van der Waals surface area contributed by atoms with Crippen molar-refractivity contribution in [3.05, 3.63) is 16.4 Å². The van der Waals surface area contributed by atoms with E-state index in [0.29, 0.717) is 6.54 Å². The minimum atomic E-state index is -0.671. The molecule has 1 unspecified atom stereocenters. The summed E-state index contributed by atoms with van der Waals surface area (Å²) in [5, 5.41) is 26.8. The molecule has 1 aromatic rings. The van der Waals surface area contributed by atoms with Gasteiger partial charge in [0.2, 0.25) is 6.33 Å². The highest BCUT2D eigenvalue weighted by Gasteiger charge is 2.17. The third kappa shape index (κ3) is 4.87. The number of nitrogens with one attached hydrogen (secondary N) is 1. The van der Waals surface area contributed by atoms with Gasteiger partial charge in [-0.05, 0) is 25.7 Å². The van der Waals surface area contributed by atoms with Crippen molar-refractivity contribution in [3.63, 3.8) is 0 Å². The zero-order valence-electron chi connectivity index (χ0n) is 10.1. The Balaban J connectivity index is 2.45. The number of β-amino-alcohol motifs (C(OH)–C–C–N with tert-alkyl or cyclic N) is 1. The quantitative estimate of drug-likeness (QED) is 0.554. The Morgan fingerprint density at radius 3 is 2.76 bits per heavy atom. The summed E-state index contributed by atoms with van der Waals surface area (Å²) in [6.07, 6.45) is 0.564. The van der Waals surface area contributed by atoms with Crippen molar-refractivity contribution in [2.75, 3.05) is 6.54 Å². The molecule has 0 amide bonds. The van der Waals surface area contributed by atoms with E-state index in [2.05, 4.69) is 15.4 Å². The van der Waals surface area contributed by atoms with E-state index in [1.807, 2.05) is 20.8 Å². The summed E-state index contributed by atoms with van der Waals surface area (Å²) in [4.78, 5) is 13.2. The summed E-state index contributed by atoms with van der Waals surface area (Å²) in [7, 11) is 0. The molecule has 96 valence electrons. The van der Waals surface area contributed by atoms with Gasteiger partial charge in [0.1, 0.15) is 0 Å². The molecule has 0 aliphatic rings. The number of rotatable bonds is 5. The second kappa shape index (κ2) is 5.19. The molecule has 17 heavy (non-hydrogen) atoms. The Hall–Kier alpha value is -1.54. The van der Waals surface area contributed by atoms with Crippen molar-refractivity contribution < 1.29 is 10.0 Å². The molecule has 0 spiro atoms. The third-order valence-electron chi connectivity index (χ3n) is 1.95. The van der Waals surface area contributed by atoms with Gasteiger partial charge in [0.05, 0.1) is 12.6 Å². The minimum absolute atomic E-state index is 0.0880. The van der Waals surface area contributed by atoms with Gasteiger partial charge in [0.25, 0.3) is 0 Å². The summed E-state index contributed by atoms with van der Waals surface area (Å²) in [5.41, 5.74) is -0.0880. The van der Waals surface area contributed by atoms with Crippen LogP contribution in [0.25, 0.3) is 0 Å². The second-order valence-electron chi connectivity index (χ2n) is 4.81. The van der Waals surface area contributed by atoms with E-state index in [1.54, 1.807) is 0 Å². The number of nitrogens with zero attached hydrogens (tertiary/aromatic N) is 4. The molecule has 0 aromatic carbocycles. The molecular formula is C9H17N5O3. The van der Waals surface area contributed by atoms with Gasteiger partial charge in [-0.1, -0.05) is 4.98 Å². The van der Waals surface area contributed by atoms with E-state index in [4.69, 9.17) is 0 Å². The van der Waals surface area contributed by atoms with Gasteiger partial charge in [-0.15, -0.1) is 0 Å². The fourth-order valence-electron chi connectivity index (χ4n) is 1.16. The number of nitro groups is 1. The maximum Gasteiger partial charge on any atom is 0.490 e. The highest BCUT2D eigenvalue weighted by molar-refractivity contribution is 4.97. The van der Waals surface area contributed by atoms with Gasteiger partial charge in [-0.3, -0.25) is 0 Å².